The minimum Gasteiger partial charge on any atom is -0.0955 e. The molecule has 0 unspecified atom stereocenters. The van der Waals surface area contributed by atoms with Crippen molar-refractivity contribution in [2.24, 2.45) is 11.8 Å². The van der Waals surface area contributed by atoms with E-state index < -0.39 is 0 Å². The zero-order valence-corrected chi connectivity index (χ0v) is 16.9. The summed E-state index contributed by atoms with van der Waals surface area (Å²) in [5.74, 6) is 1.51. The minimum absolute atomic E-state index is 0.734. The average molecular weight is 339 g/mol. The van der Waals surface area contributed by atoms with Crippen LogP contribution in [0.4, 0.5) is 0 Å². The monoisotopic (exact) mass is 338 g/mol. The molecule has 1 fully saturated rings. The molecular weight excluding hydrogens is 300 g/mol. The molecule has 1 aliphatic carbocycles. The third-order valence-electron chi connectivity index (χ3n) is 4.82. The quantitative estimate of drug-likeness (QED) is 0.422. The van der Waals surface area contributed by atoms with E-state index in [4.69, 9.17) is 0 Å². The van der Waals surface area contributed by atoms with Gasteiger partial charge in [0.15, 0.2) is 0 Å². The van der Waals surface area contributed by atoms with E-state index in [-0.39, 0.29) is 0 Å². The van der Waals surface area contributed by atoms with Gasteiger partial charge in [-0.15, -0.1) is 0 Å². The molecule has 0 bridgehead atoms. The Morgan fingerprint density at radius 2 is 1.84 bits per heavy atom. The van der Waals surface area contributed by atoms with E-state index in [1.165, 1.54) is 61.7 Å². The predicted molar refractivity (Wildman–Crippen MR) is 114 cm³/mol. The second-order valence-electron chi connectivity index (χ2n) is 7.59. The zero-order valence-electron chi connectivity index (χ0n) is 16.9. The highest BCUT2D eigenvalue weighted by Gasteiger charge is 2.18. The maximum absolute atomic E-state index is 4.15. The molecule has 25 heavy (non-hydrogen) atoms. The molecule has 2 rings (SSSR count). The van der Waals surface area contributed by atoms with Crippen molar-refractivity contribution >= 4 is 0 Å². The Morgan fingerprint density at radius 3 is 2.32 bits per heavy atom. The number of unbranched alkanes of at least 4 members (excludes halogenated alkanes) is 1. The molecular formula is C25H38. The summed E-state index contributed by atoms with van der Waals surface area (Å²) in [6.07, 6.45) is 15.8. The van der Waals surface area contributed by atoms with Crippen molar-refractivity contribution in [3.8, 4) is 0 Å². The van der Waals surface area contributed by atoms with Crippen molar-refractivity contribution in [2.45, 2.75) is 72.6 Å². The first-order chi connectivity index (χ1) is 12.1. The van der Waals surface area contributed by atoms with Crippen LogP contribution in [0, 0.1) is 11.8 Å². The molecule has 0 aromatic heterocycles. The largest absolute Gasteiger partial charge is 0.0955 e. The molecule has 1 aromatic rings. The molecule has 0 spiro atoms. The summed E-state index contributed by atoms with van der Waals surface area (Å²) in [4.78, 5) is 0. The second kappa shape index (κ2) is 12.8. The van der Waals surface area contributed by atoms with Gasteiger partial charge >= 0.3 is 0 Å². The average Bonchev–Trinajstić information content (AvgIpc) is 2.56. The predicted octanol–water partition coefficient (Wildman–Crippen LogP) is 7.92. The van der Waals surface area contributed by atoms with Gasteiger partial charge in [0.2, 0.25) is 0 Å². The second-order valence-corrected chi connectivity index (χ2v) is 7.59. The van der Waals surface area contributed by atoms with Crippen molar-refractivity contribution < 1.29 is 0 Å². The number of allylic oxidation sites excluding steroid dienone is 5. The maximum Gasteiger partial charge on any atom is -0.0168 e. The summed E-state index contributed by atoms with van der Waals surface area (Å²) >= 11 is 0. The summed E-state index contributed by atoms with van der Waals surface area (Å²) in [6, 6.07) is 10.6. The SMILES string of the molecule is C=C(/C=C\C(=C/C)CC(C)C)C1CCC1.CCCCc1ccccc1. The Kier molecular flexibility index (Phi) is 11.0. The first kappa shape index (κ1) is 21.5. The van der Waals surface area contributed by atoms with Crippen LogP contribution in [0.25, 0.3) is 0 Å². The summed E-state index contributed by atoms with van der Waals surface area (Å²) in [5, 5.41) is 0. The van der Waals surface area contributed by atoms with Crippen LogP contribution in [-0.4, -0.2) is 0 Å². The van der Waals surface area contributed by atoms with Crippen molar-refractivity contribution in [3.05, 3.63) is 71.8 Å². The highest BCUT2D eigenvalue weighted by molar-refractivity contribution is 5.28. The number of hydrogen-bond acceptors (Lipinski definition) is 0. The van der Waals surface area contributed by atoms with Crippen LogP contribution in [0.5, 0.6) is 0 Å². The Labute approximate surface area is 156 Å². The summed E-state index contributed by atoms with van der Waals surface area (Å²) in [6.45, 7) is 13.0. The van der Waals surface area contributed by atoms with Gasteiger partial charge in [0.25, 0.3) is 0 Å². The molecule has 0 amide bonds. The van der Waals surface area contributed by atoms with E-state index in [2.05, 4.69) is 82.8 Å². The van der Waals surface area contributed by atoms with E-state index in [0.29, 0.717) is 0 Å². The fraction of sp³-hybridized carbons (Fsp3) is 0.520. The van der Waals surface area contributed by atoms with Gasteiger partial charge in [-0.2, -0.15) is 0 Å². The Bertz CT molecular complexity index is 526. The molecule has 1 aliphatic rings. The lowest BCUT2D eigenvalue weighted by Gasteiger charge is -2.25. The van der Waals surface area contributed by atoms with Gasteiger partial charge in [-0.1, -0.05) is 99.9 Å². The van der Waals surface area contributed by atoms with Crippen molar-refractivity contribution in [2.75, 3.05) is 0 Å². The Balaban J connectivity index is 0.000000271. The summed E-state index contributed by atoms with van der Waals surface area (Å²) < 4.78 is 0. The van der Waals surface area contributed by atoms with Gasteiger partial charge < -0.3 is 0 Å². The number of hydrogen-bond donors (Lipinski definition) is 0. The van der Waals surface area contributed by atoms with Gasteiger partial charge in [-0.05, 0) is 56.4 Å². The Hall–Kier alpha value is -1.56. The molecule has 0 atom stereocenters. The van der Waals surface area contributed by atoms with Crippen LogP contribution in [0.1, 0.15) is 71.8 Å². The molecule has 1 saturated carbocycles. The minimum atomic E-state index is 0.734. The van der Waals surface area contributed by atoms with Crippen LogP contribution >= 0.6 is 0 Å². The third-order valence-corrected chi connectivity index (χ3v) is 4.82. The van der Waals surface area contributed by atoms with E-state index in [0.717, 1.165) is 11.8 Å². The van der Waals surface area contributed by atoms with Crippen LogP contribution < -0.4 is 0 Å². The lowest BCUT2D eigenvalue weighted by Crippen LogP contribution is -2.11. The standard InChI is InChI=1S/C15H24.C10H14/c1-5-14(11-12(2)3)10-9-13(4)15-7-6-8-15;1-2-3-7-10-8-5-4-6-9-10/h5,9-10,12,15H,4,6-8,11H2,1-3H3;4-6,8-9H,2-3,7H2,1H3/b10-9-,14-5+;. The van der Waals surface area contributed by atoms with Crippen molar-refractivity contribution in [1.29, 1.82) is 0 Å². The zero-order chi connectivity index (χ0) is 18.5. The molecule has 0 nitrogen and oxygen atoms in total. The van der Waals surface area contributed by atoms with Crippen LogP contribution in [0.2, 0.25) is 0 Å². The van der Waals surface area contributed by atoms with Crippen molar-refractivity contribution in [3.63, 3.8) is 0 Å². The lowest BCUT2D eigenvalue weighted by molar-refractivity contribution is 0.375. The number of aryl methyl sites for hydroxylation is 1. The lowest BCUT2D eigenvalue weighted by atomic mass is 9.80. The van der Waals surface area contributed by atoms with Gasteiger partial charge in [0.05, 0.1) is 0 Å². The normalized spacial score (nSPS) is 15.0. The number of rotatable bonds is 8. The molecule has 0 saturated heterocycles. The third kappa shape index (κ3) is 9.48. The molecule has 138 valence electrons. The summed E-state index contributed by atoms with van der Waals surface area (Å²) in [5.41, 5.74) is 4.22. The van der Waals surface area contributed by atoms with Gasteiger partial charge in [0.1, 0.15) is 0 Å². The van der Waals surface area contributed by atoms with Crippen LogP contribution in [-0.2, 0) is 6.42 Å². The van der Waals surface area contributed by atoms with Gasteiger partial charge in [-0.25, -0.2) is 0 Å². The van der Waals surface area contributed by atoms with Gasteiger partial charge in [0, 0.05) is 0 Å². The molecule has 0 heterocycles. The van der Waals surface area contributed by atoms with Crippen LogP contribution in [0.15, 0.2) is 66.3 Å². The first-order valence-corrected chi connectivity index (χ1v) is 10.1. The highest BCUT2D eigenvalue weighted by atomic mass is 14.2. The molecule has 0 N–H and O–H groups in total. The molecule has 0 aliphatic heterocycles. The van der Waals surface area contributed by atoms with Crippen LogP contribution in [0.3, 0.4) is 0 Å². The van der Waals surface area contributed by atoms with E-state index in [1.807, 2.05) is 0 Å². The topological polar surface area (TPSA) is 0 Å². The highest BCUT2D eigenvalue weighted by Crippen LogP contribution is 2.33. The van der Waals surface area contributed by atoms with E-state index in [9.17, 15) is 0 Å². The molecule has 0 radical (unpaired) electrons. The van der Waals surface area contributed by atoms with Gasteiger partial charge in [-0.3, -0.25) is 0 Å². The first-order valence-electron chi connectivity index (χ1n) is 10.1. The van der Waals surface area contributed by atoms with E-state index in [1.54, 1.807) is 0 Å². The fourth-order valence-corrected chi connectivity index (χ4v) is 2.91. The molecule has 0 heteroatoms. The number of benzene rings is 1. The fourth-order valence-electron chi connectivity index (χ4n) is 2.91. The molecule has 1 aromatic carbocycles. The summed E-state index contributed by atoms with van der Waals surface area (Å²) in [7, 11) is 0. The Morgan fingerprint density at radius 1 is 1.16 bits per heavy atom. The maximum atomic E-state index is 4.15. The van der Waals surface area contributed by atoms with E-state index >= 15 is 0 Å². The smallest absolute Gasteiger partial charge is 0.0168 e. The van der Waals surface area contributed by atoms with Crippen molar-refractivity contribution in [1.82, 2.24) is 0 Å².